The van der Waals surface area contributed by atoms with Crippen LogP contribution in [0.25, 0.3) is 0 Å². The minimum atomic E-state index is -0.420. The fourth-order valence-corrected chi connectivity index (χ4v) is 3.48. The van der Waals surface area contributed by atoms with Crippen molar-refractivity contribution in [2.75, 3.05) is 14.2 Å². The van der Waals surface area contributed by atoms with Gasteiger partial charge in [0.05, 0.1) is 13.2 Å². The number of benzene rings is 2. The van der Waals surface area contributed by atoms with Gasteiger partial charge in [0.2, 0.25) is 0 Å². The molecule has 1 aliphatic rings. The largest absolute Gasteiger partial charge is 0.494 e. The van der Waals surface area contributed by atoms with Crippen molar-refractivity contribution in [2.24, 2.45) is 0 Å². The van der Waals surface area contributed by atoms with Crippen molar-refractivity contribution in [3.63, 3.8) is 0 Å². The van der Waals surface area contributed by atoms with Crippen LogP contribution in [0.3, 0.4) is 0 Å². The third-order valence-electron chi connectivity index (χ3n) is 4.90. The van der Waals surface area contributed by atoms with Crippen molar-refractivity contribution in [1.82, 2.24) is 10.2 Å². The Labute approximate surface area is 154 Å². The number of carbonyl (C=O) groups is 1. The van der Waals surface area contributed by atoms with Gasteiger partial charge >= 0.3 is 6.03 Å². The van der Waals surface area contributed by atoms with E-state index >= 15 is 0 Å². The van der Waals surface area contributed by atoms with Crippen LogP contribution in [0, 0.1) is 5.82 Å². The smallest absolute Gasteiger partial charge is 0.317 e. The molecule has 0 saturated heterocycles. The van der Waals surface area contributed by atoms with Crippen LogP contribution < -0.4 is 10.1 Å². The highest BCUT2D eigenvalue weighted by atomic mass is 19.1. The molecule has 2 aromatic rings. The normalized spacial score (nSPS) is 16.3. The molecule has 0 fully saturated rings. The number of hydrogen-bond acceptors (Lipinski definition) is 2. The number of amides is 2. The summed E-state index contributed by atoms with van der Waals surface area (Å²) in [6, 6.07) is 12.9. The summed E-state index contributed by atoms with van der Waals surface area (Å²) in [7, 11) is 3.16. The van der Waals surface area contributed by atoms with Crippen molar-refractivity contribution in [2.45, 2.75) is 38.3 Å². The number of urea groups is 1. The molecule has 0 heterocycles. The Kier molecular flexibility index (Phi) is 5.76. The number of nitrogens with zero attached hydrogens (tertiary/aromatic N) is 1. The van der Waals surface area contributed by atoms with Crippen molar-refractivity contribution in [3.8, 4) is 5.75 Å². The molecular formula is C21H25FN2O2. The van der Waals surface area contributed by atoms with E-state index in [1.165, 1.54) is 24.3 Å². The molecule has 4 nitrogen and oxygen atoms in total. The number of halogens is 1. The Hall–Kier alpha value is -2.56. The average Bonchev–Trinajstić information content (AvgIpc) is 2.84. The summed E-state index contributed by atoms with van der Waals surface area (Å²) >= 11 is 0. The molecule has 26 heavy (non-hydrogen) atoms. The van der Waals surface area contributed by atoms with Crippen LogP contribution >= 0.6 is 0 Å². The molecule has 138 valence electrons. The average molecular weight is 356 g/mol. The second-order valence-electron chi connectivity index (χ2n) is 6.77. The number of carbonyl (C=O) groups excluding carboxylic acids is 1. The summed E-state index contributed by atoms with van der Waals surface area (Å²) < 4.78 is 18.8. The molecule has 1 aliphatic carbocycles. The molecule has 2 aromatic carbocycles. The molecule has 3 rings (SSSR count). The van der Waals surface area contributed by atoms with Gasteiger partial charge in [0, 0.05) is 13.6 Å². The third-order valence-corrected chi connectivity index (χ3v) is 4.90. The van der Waals surface area contributed by atoms with Gasteiger partial charge in [0.1, 0.15) is 0 Å². The van der Waals surface area contributed by atoms with Crippen molar-refractivity contribution in [3.05, 3.63) is 65.0 Å². The number of nitrogens with one attached hydrogen (secondary N) is 1. The van der Waals surface area contributed by atoms with Crippen LogP contribution in [-0.2, 0) is 13.0 Å². The third kappa shape index (κ3) is 4.15. The Balaban J connectivity index is 1.67. The maximum absolute atomic E-state index is 13.8. The van der Waals surface area contributed by atoms with Crippen LogP contribution in [0.1, 0.15) is 42.0 Å². The number of ether oxygens (including phenoxy) is 1. The summed E-state index contributed by atoms with van der Waals surface area (Å²) in [6.45, 7) is 0.334. The zero-order valence-electron chi connectivity index (χ0n) is 15.3. The van der Waals surface area contributed by atoms with Crippen molar-refractivity contribution in [1.29, 1.82) is 0 Å². The number of rotatable bonds is 4. The van der Waals surface area contributed by atoms with E-state index in [4.69, 9.17) is 4.74 Å². The molecule has 1 atom stereocenters. The second kappa shape index (κ2) is 8.21. The minimum absolute atomic E-state index is 0.0243. The molecule has 0 aromatic heterocycles. The number of fused-ring (bicyclic) bond motifs is 1. The van der Waals surface area contributed by atoms with Crippen LogP contribution in [-0.4, -0.2) is 25.1 Å². The first-order chi connectivity index (χ1) is 12.6. The summed E-state index contributed by atoms with van der Waals surface area (Å²) in [4.78, 5) is 14.2. The van der Waals surface area contributed by atoms with Crippen LogP contribution in [0.4, 0.5) is 9.18 Å². The maximum atomic E-state index is 13.8. The Bertz CT molecular complexity index is 778. The predicted molar refractivity (Wildman–Crippen MR) is 99.7 cm³/mol. The lowest BCUT2D eigenvalue weighted by atomic mass is 9.99. The fraction of sp³-hybridized carbons (Fsp3) is 0.381. The van der Waals surface area contributed by atoms with E-state index in [-0.39, 0.29) is 17.8 Å². The first-order valence-electron chi connectivity index (χ1n) is 9.00. The van der Waals surface area contributed by atoms with Gasteiger partial charge in [-0.1, -0.05) is 36.8 Å². The molecule has 0 bridgehead atoms. The summed E-state index contributed by atoms with van der Waals surface area (Å²) in [5.74, 6) is -0.215. The highest BCUT2D eigenvalue weighted by Gasteiger charge is 2.21. The number of aryl methyl sites for hydroxylation is 1. The standard InChI is InChI=1S/C21H25FN2O2/c1-24(14-15-11-12-20(26-2)18(22)13-15)21(25)23-19-10-6-4-8-16-7-3-5-9-17(16)19/h3,5,7,9,11-13,19H,4,6,8,10,14H2,1-2H3,(H,23,25). The van der Waals surface area contributed by atoms with Gasteiger partial charge in [-0.05, 0) is 48.1 Å². The van der Waals surface area contributed by atoms with E-state index in [2.05, 4.69) is 17.4 Å². The van der Waals surface area contributed by atoms with Gasteiger partial charge in [-0.2, -0.15) is 0 Å². The predicted octanol–water partition coefficient (Wildman–Crippen LogP) is 4.44. The van der Waals surface area contributed by atoms with E-state index in [0.29, 0.717) is 6.54 Å². The monoisotopic (exact) mass is 356 g/mol. The number of hydrogen-bond donors (Lipinski definition) is 1. The molecule has 5 heteroatoms. The molecule has 1 unspecified atom stereocenters. The lowest BCUT2D eigenvalue weighted by molar-refractivity contribution is 0.202. The Morgan fingerprint density at radius 2 is 2.08 bits per heavy atom. The molecular weight excluding hydrogens is 331 g/mol. The topological polar surface area (TPSA) is 41.6 Å². The van der Waals surface area contributed by atoms with Crippen LogP contribution in [0.5, 0.6) is 5.75 Å². The van der Waals surface area contributed by atoms with Gasteiger partial charge in [-0.15, -0.1) is 0 Å². The van der Waals surface area contributed by atoms with Crippen molar-refractivity contribution >= 4 is 6.03 Å². The first-order valence-corrected chi connectivity index (χ1v) is 9.00. The van der Waals surface area contributed by atoms with Gasteiger partial charge in [-0.25, -0.2) is 9.18 Å². The Morgan fingerprint density at radius 1 is 1.27 bits per heavy atom. The SMILES string of the molecule is COc1ccc(CN(C)C(=O)NC2CCCCc3ccccc32)cc1F. The first kappa shape index (κ1) is 18.2. The molecule has 0 spiro atoms. The van der Waals surface area contributed by atoms with Crippen LogP contribution in [0.15, 0.2) is 42.5 Å². The van der Waals surface area contributed by atoms with Gasteiger partial charge < -0.3 is 15.0 Å². The second-order valence-corrected chi connectivity index (χ2v) is 6.77. The zero-order chi connectivity index (χ0) is 18.5. The molecule has 0 aliphatic heterocycles. The van der Waals surface area contributed by atoms with Gasteiger partial charge in [-0.3, -0.25) is 0 Å². The van der Waals surface area contributed by atoms with E-state index < -0.39 is 5.82 Å². The van der Waals surface area contributed by atoms with Crippen LogP contribution in [0.2, 0.25) is 0 Å². The van der Waals surface area contributed by atoms with Gasteiger partial charge in [0.15, 0.2) is 11.6 Å². The lowest BCUT2D eigenvalue weighted by Crippen LogP contribution is -2.39. The maximum Gasteiger partial charge on any atom is 0.317 e. The van der Waals surface area contributed by atoms with Crippen molar-refractivity contribution < 1.29 is 13.9 Å². The van der Waals surface area contributed by atoms with E-state index in [0.717, 1.165) is 31.2 Å². The quantitative estimate of drug-likeness (QED) is 0.823. The van der Waals surface area contributed by atoms with E-state index in [1.54, 1.807) is 24.1 Å². The Morgan fingerprint density at radius 3 is 2.85 bits per heavy atom. The minimum Gasteiger partial charge on any atom is -0.494 e. The fourth-order valence-electron chi connectivity index (χ4n) is 3.48. The molecule has 2 amide bonds. The summed E-state index contributed by atoms with van der Waals surface area (Å²) in [5, 5.41) is 3.14. The summed E-state index contributed by atoms with van der Waals surface area (Å²) in [6.07, 6.45) is 4.23. The zero-order valence-corrected chi connectivity index (χ0v) is 15.3. The highest BCUT2D eigenvalue weighted by molar-refractivity contribution is 5.74. The molecule has 0 radical (unpaired) electrons. The highest BCUT2D eigenvalue weighted by Crippen LogP contribution is 2.28. The summed E-state index contributed by atoms with van der Waals surface area (Å²) in [5.41, 5.74) is 3.25. The lowest BCUT2D eigenvalue weighted by Gasteiger charge is -2.24. The van der Waals surface area contributed by atoms with E-state index in [9.17, 15) is 9.18 Å². The van der Waals surface area contributed by atoms with E-state index in [1.807, 2.05) is 12.1 Å². The molecule has 0 saturated carbocycles. The number of methoxy groups -OCH3 is 1. The van der Waals surface area contributed by atoms with Gasteiger partial charge in [0.25, 0.3) is 0 Å². The molecule has 1 N–H and O–H groups in total.